The molecule has 2 aromatic carbocycles. The molecule has 16 heteroatoms. The third-order valence-corrected chi connectivity index (χ3v) is 13.1. The number of ether oxygens (including phenoxy) is 2. The lowest BCUT2D eigenvalue weighted by molar-refractivity contribution is -0.0199. The van der Waals surface area contributed by atoms with Crippen molar-refractivity contribution in [3.05, 3.63) is 59.7 Å². The van der Waals surface area contributed by atoms with Crippen molar-refractivity contribution in [1.82, 2.24) is 17.3 Å². The number of hydrogen-bond acceptors (Lipinski definition) is 9. The van der Waals surface area contributed by atoms with Crippen LogP contribution in [0.15, 0.2) is 48.5 Å². The Morgan fingerprint density at radius 2 is 1.06 bits per heavy atom. The van der Waals surface area contributed by atoms with Crippen LogP contribution >= 0.6 is 32.7 Å². The van der Waals surface area contributed by atoms with Crippen LogP contribution in [0.25, 0.3) is 0 Å². The van der Waals surface area contributed by atoms with E-state index in [9.17, 15) is 0 Å². The van der Waals surface area contributed by atoms with Gasteiger partial charge in [-0.15, -0.1) is 12.8 Å². The molecule has 270 valence electrons. The van der Waals surface area contributed by atoms with Gasteiger partial charge in [0.05, 0.1) is 39.6 Å². The minimum absolute atomic E-state index is 0.262. The Morgan fingerprint density at radius 1 is 0.583 bits per heavy atom. The van der Waals surface area contributed by atoms with E-state index in [0.717, 1.165) is 54.7 Å². The van der Waals surface area contributed by atoms with Gasteiger partial charge in [-0.2, -0.15) is 4.51 Å². The van der Waals surface area contributed by atoms with Crippen LogP contribution in [-0.2, 0) is 0 Å². The summed E-state index contributed by atoms with van der Waals surface area (Å²) in [5.41, 5.74) is 2.31. The summed E-state index contributed by atoms with van der Waals surface area (Å²) in [5, 5.41) is 0. The zero-order chi connectivity index (χ0) is 34.6. The number of nitrogens with zero attached hydrogens (tertiary/aromatic N) is 4. The highest BCUT2D eigenvalue weighted by atomic mass is 31.2. The first-order valence-corrected chi connectivity index (χ1v) is 21.2. The highest BCUT2D eigenvalue weighted by Crippen LogP contribution is 2.39. The summed E-state index contributed by atoms with van der Waals surface area (Å²) in [6, 6.07) is 15.9. The normalized spacial score (nSPS) is 12.5. The Kier molecular flexibility index (Phi) is 20.0. The molecule has 12 nitrogen and oxygen atoms in total. The second-order valence-corrected chi connectivity index (χ2v) is 17.1. The minimum Gasteiger partial charge on any atom is -0.455 e. The second-order valence-electron chi connectivity index (χ2n) is 10.8. The molecule has 0 amide bonds. The van der Waals surface area contributed by atoms with Crippen LogP contribution < -0.4 is 37.6 Å². The largest absolute Gasteiger partial charge is 0.455 e. The quantitative estimate of drug-likeness (QED) is 0.0886. The summed E-state index contributed by atoms with van der Waals surface area (Å²) in [6.45, 7) is 17.2. The molecule has 3 aromatic rings. The molecule has 1 aromatic heterocycles. The molecule has 0 spiro atoms. The predicted octanol–water partition coefficient (Wildman–Crippen LogP) is 8.39. The Labute approximate surface area is 291 Å². The van der Waals surface area contributed by atoms with E-state index in [4.69, 9.17) is 42.1 Å². The molecule has 0 fully saturated rings. The first-order valence-electron chi connectivity index (χ1n) is 16.9. The molecule has 0 aliphatic carbocycles. The third-order valence-electron chi connectivity index (χ3n) is 6.12. The molecule has 0 bridgehead atoms. The number of aryl methyl sites for hydroxylation is 2. The van der Waals surface area contributed by atoms with Crippen LogP contribution in [0.1, 0.15) is 84.3 Å². The summed E-state index contributed by atoms with van der Waals surface area (Å²) >= 11 is 0. The lowest BCUT2D eigenvalue weighted by Gasteiger charge is -2.23. The summed E-state index contributed by atoms with van der Waals surface area (Å²) in [6.07, 6.45) is 3.92. The maximum absolute atomic E-state index is 6.50. The van der Waals surface area contributed by atoms with Crippen LogP contribution in [-0.4, -0.2) is 63.2 Å². The van der Waals surface area contributed by atoms with E-state index in [1.54, 1.807) is 8.51 Å². The van der Waals surface area contributed by atoms with Gasteiger partial charge in [-0.3, -0.25) is 14.5 Å². The second kappa shape index (κ2) is 23.6. The van der Waals surface area contributed by atoms with Crippen LogP contribution in [0.3, 0.4) is 0 Å². The monoisotopic (exact) mass is 746 g/mol. The zero-order valence-corrected chi connectivity index (χ0v) is 33.1. The molecule has 3 unspecified atom stereocenters. The van der Waals surface area contributed by atoms with E-state index in [-0.39, 0.29) is 6.61 Å². The van der Waals surface area contributed by atoms with E-state index < -0.39 is 30.5 Å². The lowest BCUT2D eigenvalue weighted by Crippen LogP contribution is -2.28. The fourth-order valence-electron chi connectivity index (χ4n) is 3.72. The Balaban J connectivity index is 2.07. The minimum atomic E-state index is -1.65. The van der Waals surface area contributed by atoms with Gasteiger partial charge in [-0.25, -0.2) is 0 Å². The summed E-state index contributed by atoms with van der Waals surface area (Å²) in [5.74, 6) is 1.43. The number of benzene rings is 2. The van der Waals surface area contributed by atoms with E-state index in [1.165, 1.54) is 0 Å². The first-order chi connectivity index (χ1) is 23.4. The molecule has 48 heavy (non-hydrogen) atoms. The standard InChI is InChI=1S/C32H54N4O8P4/c1-8-22-38-35-46(40-24-10-3)33-45-34(47(41-25-11-4)36(39-23-9-2)48(35)42-26-12-5)37-27-21-32(43-30-17-13-28(6)14-18-30)44-31-19-15-29(7)16-20-31/h13-20,32H,8-12,21-27H2,1-7H3. The van der Waals surface area contributed by atoms with Gasteiger partial charge in [-0.1, -0.05) is 70.0 Å². The van der Waals surface area contributed by atoms with Crippen molar-refractivity contribution in [2.45, 2.75) is 93.3 Å². The molecule has 1 heterocycles. The molecule has 0 saturated heterocycles. The predicted molar refractivity (Wildman–Crippen MR) is 196 cm³/mol. The smallest absolute Gasteiger partial charge is 0.243 e. The lowest BCUT2D eigenvalue weighted by atomic mass is 10.2. The van der Waals surface area contributed by atoms with Gasteiger partial charge in [0, 0.05) is 6.42 Å². The van der Waals surface area contributed by atoms with Gasteiger partial charge in [0.1, 0.15) is 11.5 Å². The van der Waals surface area contributed by atoms with E-state index in [2.05, 4.69) is 34.6 Å². The molecule has 3 rings (SSSR count). The van der Waals surface area contributed by atoms with E-state index in [0.29, 0.717) is 48.0 Å². The van der Waals surface area contributed by atoms with E-state index in [1.807, 2.05) is 66.6 Å². The zero-order valence-electron chi connectivity index (χ0n) is 29.5. The number of rotatable bonds is 23. The van der Waals surface area contributed by atoms with Crippen molar-refractivity contribution in [3.8, 4) is 11.5 Å². The van der Waals surface area contributed by atoms with Crippen molar-refractivity contribution >= 4 is 32.7 Å². The molecular weight excluding hydrogens is 692 g/mol. The van der Waals surface area contributed by atoms with Crippen LogP contribution in [0.4, 0.5) is 0 Å². The summed E-state index contributed by atoms with van der Waals surface area (Å²) in [7, 11) is -4.36. The number of aromatic nitrogens is 4. The fraction of sp³-hybridized carbons (Fsp3) is 0.625. The van der Waals surface area contributed by atoms with Crippen molar-refractivity contribution in [2.24, 2.45) is 0 Å². The molecule has 0 saturated carbocycles. The molecule has 0 aliphatic heterocycles. The van der Waals surface area contributed by atoms with Gasteiger partial charge >= 0.3 is 0 Å². The summed E-state index contributed by atoms with van der Waals surface area (Å²) < 4.78 is 42.2. The van der Waals surface area contributed by atoms with Gasteiger partial charge < -0.3 is 23.0 Å². The maximum Gasteiger partial charge on any atom is 0.243 e. The molecule has 3 atom stereocenters. The number of hydrogen-bond donors (Lipinski definition) is 0. The topological polar surface area (TPSA) is 102 Å². The molecule has 0 radical (unpaired) electrons. The SMILES string of the molecule is CCCOn1p(OCCC)npn(OCCC(Oc2ccc(C)cc2)Oc2ccc(C)cc2)p(OCCC)n(OCCC)p1OCCC. The average Bonchev–Trinajstić information content (AvgIpc) is 3.09. The molecule has 0 aliphatic rings. The van der Waals surface area contributed by atoms with Gasteiger partial charge in [0.25, 0.3) is 0 Å². The van der Waals surface area contributed by atoms with Crippen molar-refractivity contribution in [3.63, 3.8) is 0 Å². The molecular formula is C32H54N4O8P4. The van der Waals surface area contributed by atoms with E-state index >= 15 is 0 Å². The van der Waals surface area contributed by atoms with Crippen LogP contribution in [0.2, 0.25) is 0 Å². The highest BCUT2D eigenvalue weighted by Gasteiger charge is 2.20. The van der Waals surface area contributed by atoms with Crippen molar-refractivity contribution < 1.29 is 37.6 Å². The Bertz CT molecular complexity index is 1340. The highest BCUT2D eigenvalue weighted by molar-refractivity contribution is 7.57. The van der Waals surface area contributed by atoms with Gasteiger partial charge in [-0.05, 0) is 70.2 Å². The Morgan fingerprint density at radius 3 is 1.58 bits per heavy atom. The van der Waals surface area contributed by atoms with Crippen LogP contribution in [0, 0.1) is 13.8 Å². The van der Waals surface area contributed by atoms with Crippen molar-refractivity contribution in [2.75, 3.05) is 39.6 Å². The van der Waals surface area contributed by atoms with Crippen molar-refractivity contribution in [1.29, 1.82) is 0 Å². The van der Waals surface area contributed by atoms with Crippen LogP contribution in [0.5, 0.6) is 11.5 Å². The fourth-order valence-corrected chi connectivity index (χ4v) is 11.6. The average molecular weight is 747 g/mol. The summed E-state index contributed by atoms with van der Waals surface area (Å²) in [4.78, 5) is 19.3. The van der Waals surface area contributed by atoms with Gasteiger partial charge in [0.15, 0.2) is 8.51 Å². The molecule has 0 N–H and O–H groups in total. The first kappa shape index (κ1) is 40.6. The third kappa shape index (κ3) is 13.8. The van der Waals surface area contributed by atoms with Gasteiger partial charge in [0.2, 0.25) is 30.5 Å². The maximum atomic E-state index is 6.50. The Hall–Kier alpha value is -1.80.